The molecular weight excluding hydrogens is 340 g/mol. The Morgan fingerprint density at radius 3 is 2.78 bits per heavy atom. The second-order valence-corrected chi connectivity index (χ2v) is 6.71. The molecule has 0 spiro atoms. The number of nitrogens with one attached hydrogen (secondary N) is 1. The molecule has 0 bridgehead atoms. The van der Waals surface area contributed by atoms with Crippen LogP contribution in [-0.2, 0) is 11.2 Å². The Bertz CT molecular complexity index is 962. The number of aryl methyl sites for hydroxylation is 3. The third-order valence-electron chi connectivity index (χ3n) is 4.51. The van der Waals surface area contributed by atoms with Crippen LogP contribution in [0.4, 0.5) is 5.69 Å². The van der Waals surface area contributed by atoms with Crippen molar-refractivity contribution in [2.45, 2.75) is 47.0 Å². The van der Waals surface area contributed by atoms with Gasteiger partial charge in [0, 0.05) is 23.9 Å². The van der Waals surface area contributed by atoms with E-state index in [4.69, 9.17) is 4.74 Å². The van der Waals surface area contributed by atoms with E-state index in [1.54, 1.807) is 0 Å². The average Bonchev–Trinajstić information content (AvgIpc) is 3.01. The summed E-state index contributed by atoms with van der Waals surface area (Å²) in [6.07, 6.45) is 1.91. The fourth-order valence-corrected chi connectivity index (χ4v) is 3.16. The predicted molar refractivity (Wildman–Crippen MR) is 106 cm³/mol. The molecule has 6 nitrogen and oxygen atoms in total. The van der Waals surface area contributed by atoms with Crippen molar-refractivity contribution in [1.82, 2.24) is 14.6 Å². The van der Waals surface area contributed by atoms with Crippen LogP contribution in [0.15, 0.2) is 30.3 Å². The minimum atomic E-state index is -0.0434. The van der Waals surface area contributed by atoms with Crippen molar-refractivity contribution in [3.63, 3.8) is 0 Å². The van der Waals surface area contributed by atoms with Gasteiger partial charge in [-0.15, -0.1) is 0 Å². The number of carbonyl (C=O) groups excluding carboxylic acids is 1. The number of benzene rings is 1. The summed E-state index contributed by atoms with van der Waals surface area (Å²) in [7, 11) is 0. The van der Waals surface area contributed by atoms with E-state index in [2.05, 4.69) is 22.3 Å². The number of fused-ring (bicyclic) bond motifs is 1. The quantitative estimate of drug-likeness (QED) is 0.686. The first-order valence-corrected chi connectivity index (χ1v) is 9.33. The summed E-state index contributed by atoms with van der Waals surface area (Å²) in [5.41, 5.74) is 5.53. The largest absolute Gasteiger partial charge is 0.491 e. The van der Waals surface area contributed by atoms with Crippen molar-refractivity contribution in [2.24, 2.45) is 0 Å². The van der Waals surface area contributed by atoms with Gasteiger partial charge in [-0.25, -0.2) is 9.50 Å². The highest BCUT2D eigenvalue weighted by atomic mass is 16.5. The standard InChI is InChI=1S/C21H26N4O2/c1-5-12-27-19-9-7-6-8-18(19)23-21(26)11-10-17-15(3)22-20-13-14(2)24-25(20)16(17)4/h6-9,13H,5,10-12H2,1-4H3,(H,23,26). The molecule has 3 rings (SSSR count). The maximum Gasteiger partial charge on any atom is 0.224 e. The molecule has 27 heavy (non-hydrogen) atoms. The van der Waals surface area contributed by atoms with Gasteiger partial charge < -0.3 is 10.1 Å². The van der Waals surface area contributed by atoms with E-state index >= 15 is 0 Å². The topological polar surface area (TPSA) is 68.5 Å². The number of anilines is 1. The smallest absolute Gasteiger partial charge is 0.224 e. The summed E-state index contributed by atoms with van der Waals surface area (Å²) in [4.78, 5) is 17.1. The van der Waals surface area contributed by atoms with Crippen LogP contribution in [0, 0.1) is 20.8 Å². The zero-order valence-electron chi connectivity index (χ0n) is 16.4. The van der Waals surface area contributed by atoms with Gasteiger partial charge in [0.1, 0.15) is 5.75 Å². The van der Waals surface area contributed by atoms with Crippen LogP contribution in [-0.4, -0.2) is 27.1 Å². The van der Waals surface area contributed by atoms with Gasteiger partial charge in [-0.3, -0.25) is 4.79 Å². The number of rotatable bonds is 7. The fraction of sp³-hybridized carbons (Fsp3) is 0.381. The molecule has 0 unspecified atom stereocenters. The first-order chi connectivity index (χ1) is 13.0. The first-order valence-electron chi connectivity index (χ1n) is 9.33. The van der Waals surface area contributed by atoms with E-state index in [-0.39, 0.29) is 5.91 Å². The highest BCUT2D eigenvalue weighted by Gasteiger charge is 2.14. The summed E-state index contributed by atoms with van der Waals surface area (Å²) in [5, 5.41) is 7.45. The highest BCUT2D eigenvalue weighted by molar-refractivity contribution is 5.92. The average molecular weight is 366 g/mol. The zero-order valence-corrected chi connectivity index (χ0v) is 16.4. The van der Waals surface area contributed by atoms with Crippen molar-refractivity contribution in [3.05, 3.63) is 53.0 Å². The number of hydrogen-bond donors (Lipinski definition) is 1. The van der Waals surface area contributed by atoms with Gasteiger partial charge in [-0.1, -0.05) is 19.1 Å². The Labute approximate surface area is 159 Å². The van der Waals surface area contributed by atoms with Gasteiger partial charge in [0.25, 0.3) is 0 Å². The SMILES string of the molecule is CCCOc1ccccc1NC(=O)CCc1c(C)nc2cc(C)nn2c1C. The maximum atomic E-state index is 12.5. The molecule has 1 aromatic carbocycles. The molecule has 0 aliphatic heterocycles. The fourth-order valence-electron chi connectivity index (χ4n) is 3.16. The number of ether oxygens (including phenoxy) is 1. The monoisotopic (exact) mass is 366 g/mol. The van der Waals surface area contributed by atoms with Crippen molar-refractivity contribution >= 4 is 17.2 Å². The number of hydrogen-bond acceptors (Lipinski definition) is 4. The van der Waals surface area contributed by atoms with E-state index in [9.17, 15) is 4.79 Å². The molecule has 1 N–H and O–H groups in total. The minimum absolute atomic E-state index is 0.0434. The number of aromatic nitrogens is 3. The van der Waals surface area contributed by atoms with E-state index in [0.717, 1.165) is 34.7 Å². The normalized spacial score (nSPS) is 11.0. The Kier molecular flexibility index (Phi) is 5.74. The second kappa shape index (κ2) is 8.20. The van der Waals surface area contributed by atoms with Crippen molar-refractivity contribution in [2.75, 3.05) is 11.9 Å². The van der Waals surface area contributed by atoms with Crippen molar-refractivity contribution < 1.29 is 9.53 Å². The molecule has 2 aromatic heterocycles. The highest BCUT2D eigenvalue weighted by Crippen LogP contribution is 2.24. The van der Waals surface area contributed by atoms with Crippen LogP contribution in [0.5, 0.6) is 5.75 Å². The molecule has 0 aliphatic carbocycles. The molecule has 3 aromatic rings. The van der Waals surface area contributed by atoms with Gasteiger partial charge in [0.2, 0.25) is 5.91 Å². The van der Waals surface area contributed by atoms with Crippen LogP contribution in [0.3, 0.4) is 0 Å². The second-order valence-electron chi connectivity index (χ2n) is 6.71. The van der Waals surface area contributed by atoms with Crippen LogP contribution in [0.2, 0.25) is 0 Å². The third-order valence-corrected chi connectivity index (χ3v) is 4.51. The van der Waals surface area contributed by atoms with Gasteiger partial charge in [-0.05, 0) is 51.3 Å². The Balaban J connectivity index is 1.71. The van der Waals surface area contributed by atoms with Gasteiger partial charge >= 0.3 is 0 Å². The molecule has 0 fully saturated rings. The predicted octanol–water partition coefficient (Wildman–Crippen LogP) is 4.01. The third kappa shape index (κ3) is 4.27. The molecule has 2 heterocycles. The summed E-state index contributed by atoms with van der Waals surface area (Å²) in [6.45, 7) is 8.64. The van der Waals surface area contributed by atoms with Gasteiger partial charge in [0.15, 0.2) is 5.65 Å². The van der Waals surface area contributed by atoms with Crippen LogP contribution < -0.4 is 10.1 Å². The Hall–Kier alpha value is -2.89. The number of nitrogens with zero attached hydrogens (tertiary/aromatic N) is 3. The summed E-state index contributed by atoms with van der Waals surface area (Å²) in [5.74, 6) is 0.660. The van der Waals surface area contributed by atoms with Crippen molar-refractivity contribution in [3.8, 4) is 5.75 Å². The molecule has 0 saturated carbocycles. The lowest BCUT2D eigenvalue weighted by molar-refractivity contribution is -0.116. The Morgan fingerprint density at radius 1 is 1.22 bits per heavy atom. The summed E-state index contributed by atoms with van der Waals surface area (Å²) < 4.78 is 7.55. The Morgan fingerprint density at radius 2 is 2.00 bits per heavy atom. The molecule has 6 heteroatoms. The van der Waals surface area contributed by atoms with E-state index < -0.39 is 0 Å². The molecule has 0 radical (unpaired) electrons. The lowest BCUT2D eigenvalue weighted by atomic mass is 10.1. The van der Waals surface area contributed by atoms with Crippen LogP contribution in [0.25, 0.3) is 5.65 Å². The van der Waals surface area contributed by atoms with Crippen LogP contribution in [0.1, 0.15) is 42.4 Å². The molecule has 1 amide bonds. The van der Waals surface area contributed by atoms with Crippen molar-refractivity contribution in [1.29, 1.82) is 0 Å². The lowest BCUT2D eigenvalue weighted by Crippen LogP contribution is -2.15. The summed E-state index contributed by atoms with van der Waals surface area (Å²) >= 11 is 0. The van der Waals surface area contributed by atoms with Gasteiger partial charge in [0.05, 0.1) is 18.0 Å². The molecule has 0 aliphatic rings. The minimum Gasteiger partial charge on any atom is -0.491 e. The molecule has 0 saturated heterocycles. The molecular formula is C21H26N4O2. The van der Waals surface area contributed by atoms with E-state index in [1.807, 2.05) is 55.6 Å². The summed E-state index contributed by atoms with van der Waals surface area (Å²) in [6, 6.07) is 9.49. The van der Waals surface area contributed by atoms with E-state index in [0.29, 0.717) is 30.9 Å². The van der Waals surface area contributed by atoms with Gasteiger partial charge in [-0.2, -0.15) is 5.10 Å². The number of carbonyl (C=O) groups is 1. The zero-order chi connectivity index (χ0) is 19.4. The first kappa shape index (κ1) is 18.9. The molecule has 0 atom stereocenters. The maximum absolute atomic E-state index is 12.5. The number of amides is 1. The van der Waals surface area contributed by atoms with Crippen LogP contribution >= 0.6 is 0 Å². The number of para-hydroxylation sites is 2. The molecule has 142 valence electrons. The lowest BCUT2D eigenvalue weighted by Gasteiger charge is -2.13. The van der Waals surface area contributed by atoms with E-state index in [1.165, 1.54) is 0 Å².